The third-order valence-corrected chi connectivity index (χ3v) is 7.03. The molecule has 1 aromatic heterocycles. The highest BCUT2D eigenvalue weighted by Gasteiger charge is 2.30. The third kappa shape index (κ3) is 3.91. The summed E-state index contributed by atoms with van der Waals surface area (Å²) in [4.78, 5) is 30.1. The van der Waals surface area contributed by atoms with E-state index in [1.54, 1.807) is 4.57 Å². The fraction of sp³-hybridized carbons (Fsp3) is 0.571. The van der Waals surface area contributed by atoms with Gasteiger partial charge in [0.2, 0.25) is 5.91 Å². The van der Waals surface area contributed by atoms with Crippen molar-refractivity contribution in [2.24, 2.45) is 11.8 Å². The van der Waals surface area contributed by atoms with Crippen molar-refractivity contribution < 1.29 is 4.79 Å². The number of nitrogens with one attached hydrogen (secondary N) is 1. The Hall–Kier alpha value is -1.82. The summed E-state index contributed by atoms with van der Waals surface area (Å²) in [6.07, 6.45) is 5.51. The van der Waals surface area contributed by atoms with Crippen LogP contribution in [0.4, 0.5) is 0 Å². The number of fused-ring (bicyclic) bond motifs is 1. The first-order chi connectivity index (χ1) is 13.0. The minimum absolute atomic E-state index is 0.0146. The molecule has 0 unspecified atom stereocenters. The number of para-hydroxylation sites is 1. The predicted molar refractivity (Wildman–Crippen MR) is 109 cm³/mol. The highest BCUT2D eigenvalue weighted by Crippen LogP contribution is 2.37. The normalized spacial score (nSPS) is 25.5. The molecule has 2 aliphatic carbocycles. The van der Waals surface area contributed by atoms with E-state index in [0.717, 1.165) is 19.3 Å². The molecule has 0 radical (unpaired) electrons. The van der Waals surface area contributed by atoms with E-state index in [0.29, 0.717) is 33.6 Å². The lowest BCUT2D eigenvalue weighted by Crippen LogP contribution is -2.44. The molecule has 144 valence electrons. The van der Waals surface area contributed by atoms with Crippen LogP contribution in [0.5, 0.6) is 0 Å². The van der Waals surface area contributed by atoms with E-state index in [4.69, 9.17) is 0 Å². The second kappa shape index (κ2) is 7.66. The van der Waals surface area contributed by atoms with Gasteiger partial charge >= 0.3 is 0 Å². The maximum absolute atomic E-state index is 12.9. The lowest BCUT2D eigenvalue weighted by Gasteiger charge is -2.34. The van der Waals surface area contributed by atoms with Gasteiger partial charge in [-0.2, -0.15) is 0 Å². The number of benzene rings is 1. The first-order valence-electron chi connectivity index (χ1n) is 9.98. The standard InChI is InChI=1S/C21H27N3O2S/c1-13-6-5-9-17(14(13)2)22-19(25)12-27-21-23-18-8-4-3-7-16(18)20(26)24(21)15-10-11-15/h3-4,7-8,13-15,17H,5-6,9-12H2,1-2H3,(H,22,25)/t13-,14+,17-/m0/s1. The Labute approximate surface area is 163 Å². The Balaban J connectivity index is 1.49. The van der Waals surface area contributed by atoms with Crippen LogP contribution < -0.4 is 10.9 Å². The fourth-order valence-corrected chi connectivity index (χ4v) is 4.92. The molecule has 0 spiro atoms. The predicted octanol–water partition coefficient (Wildman–Crippen LogP) is 3.76. The Kier molecular flexibility index (Phi) is 5.26. The number of thioether (sulfide) groups is 1. The summed E-state index contributed by atoms with van der Waals surface area (Å²) in [7, 11) is 0. The van der Waals surface area contributed by atoms with Crippen molar-refractivity contribution in [1.82, 2.24) is 14.9 Å². The first kappa shape index (κ1) is 18.5. The number of nitrogens with zero attached hydrogens (tertiary/aromatic N) is 2. The number of hydrogen-bond acceptors (Lipinski definition) is 4. The van der Waals surface area contributed by atoms with Crippen molar-refractivity contribution in [3.8, 4) is 0 Å². The molecule has 1 heterocycles. The minimum Gasteiger partial charge on any atom is -0.352 e. The zero-order valence-electron chi connectivity index (χ0n) is 16.0. The van der Waals surface area contributed by atoms with Crippen LogP contribution in [0.1, 0.15) is 52.0 Å². The molecule has 0 saturated heterocycles. The lowest BCUT2D eigenvalue weighted by atomic mass is 9.78. The average molecular weight is 386 g/mol. The molecular formula is C21H27N3O2S. The molecule has 4 rings (SSSR count). The summed E-state index contributed by atoms with van der Waals surface area (Å²) in [5, 5.41) is 4.53. The largest absolute Gasteiger partial charge is 0.352 e. The maximum atomic E-state index is 12.9. The number of carbonyl (C=O) groups is 1. The lowest BCUT2D eigenvalue weighted by molar-refractivity contribution is -0.120. The third-order valence-electron chi connectivity index (χ3n) is 6.07. The van der Waals surface area contributed by atoms with E-state index < -0.39 is 0 Å². The summed E-state index contributed by atoms with van der Waals surface area (Å²) in [6, 6.07) is 7.95. The summed E-state index contributed by atoms with van der Waals surface area (Å²) in [6.45, 7) is 4.50. The van der Waals surface area contributed by atoms with Crippen LogP contribution >= 0.6 is 11.8 Å². The molecule has 2 fully saturated rings. The molecule has 6 heteroatoms. The zero-order chi connectivity index (χ0) is 19.0. The topological polar surface area (TPSA) is 64.0 Å². The summed E-state index contributed by atoms with van der Waals surface area (Å²) >= 11 is 1.38. The van der Waals surface area contributed by atoms with Crippen LogP contribution in [0.3, 0.4) is 0 Å². The van der Waals surface area contributed by atoms with E-state index in [9.17, 15) is 9.59 Å². The molecule has 0 aliphatic heterocycles. The van der Waals surface area contributed by atoms with E-state index in [1.165, 1.54) is 24.6 Å². The van der Waals surface area contributed by atoms with Gasteiger partial charge in [-0.25, -0.2) is 4.98 Å². The smallest absolute Gasteiger partial charge is 0.262 e. The molecule has 1 N–H and O–H groups in total. The Morgan fingerprint density at radius 3 is 2.78 bits per heavy atom. The number of aromatic nitrogens is 2. The van der Waals surface area contributed by atoms with Crippen molar-refractivity contribution in [2.75, 3.05) is 5.75 Å². The molecule has 2 aliphatic rings. The number of rotatable bonds is 5. The van der Waals surface area contributed by atoms with Crippen LogP contribution in [0.25, 0.3) is 10.9 Å². The molecule has 1 amide bonds. The summed E-state index contributed by atoms with van der Waals surface area (Å²) < 4.78 is 1.80. The van der Waals surface area contributed by atoms with Gasteiger partial charge in [-0.15, -0.1) is 0 Å². The number of amides is 1. The van der Waals surface area contributed by atoms with E-state index in [-0.39, 0.29) is 23.6 Å². The quantitative estimate of drug-likeness (QED) is 0.629. The van der Waals surface area contributed by atoms with Gasteiger partial charge in [-0.3, -0.25) is 14.2 Å². The van der Waals surface area contributed by atoms with Crippen LogP contribution in [0, 0.1) is 11.8 Å². The monoisotopic (exact) mass is 385 g/mol. The molecule has 3 atom stereocenters. The molecule has 2 aromatic rings. The van der Waals surface area contributed by atoms with E-state index in [2.05, 4.69) is 24.1 Å². The van der Waals surface area contributed by atoms with Crippen LogP contribution in [0.2, 0.25) is 0 Å². The molecule has 1 aromatic carbocycles. The fourth-order valence-electron chi connectivity index (χ4n) is 4.05. The highest BCUT2D eigenvalue weighted by molar-refractivity contribution is 7.99. The van der Waals surface area contributed by atoms with Gasteiger partial charge in [0.1, 0.15) is 0 Å². The maximum Gasteiger partial charge on any atom is 0.262 e. The summed E-state index contributed by atoms with van der Waals surface area (Å²) in [5.74, 6) is 1.50. The molecule has 0 bridgehead atoms. The van der Waals surface area contributed by atoms with Crippen molar-refractivity contribution in [1.29, 1.82) is 0 Å². The second-order valence-corrected chi connectivity index (χ2v) is 8.99. The number of hydrogen-bond donors (Lipinski definition) is 1. The molecular weight excluding hydrogens is 358 g/mol. The Bertz CT molecular complexity index is 906. The van der Waals surface area contributed by atoms with Gasteiger partial charge in [0.15, 0.2) is 5.16 Å². The van der Waals surface area contributed by atoms with Crippen LogP contribution in [0.15, 0.2) is 34.2 Å². The van der Waals surface area contributed by atoms with Crippen molar-refractivity contribution in [3.63, 3.8) is 0 Å². The van der Waals surface area contributed by atoms with E-state index in [1.807, 2.05) is 24.3 Å². The second-order valence-electron chi connectivity index (χ2n) is 8.05. The Morgan fingerprint density at radius 1 is 1.22 bits per heavy atom. The van der Waals surface area contributed by atoms with Gasteiger partial charge in [0.05, 0.1) is 16.7 Å². The minimum atomic E-state index is 0.0146. The van der Waals surface area contributed by atoms with Gasteiger partial charge in [0, 0.05) is 12.1 Å². The molecule has 5 nitrogen and oxygen atoms in total. The van der Waals surface area contributed by atoms with Gasteiger partial charge in [-0.05, 0) is 43.2 Å². The van der Waals surface area contributed by atoms with Crippen molar-refractivity contribution >= 4 is 28.6 Å². The summed E-state index contributed by atoms with van der Waals surface area (Å²) in [5.41, 5.74) is 0.720. The van der Waals surface area contributed by atoms with Crippen molar-refractivity contribution in [2.45, 2.75) is 63.2 Å². The van der Waals surface area contributed by atoms with Gasteiger partial charge in [-0.1, -0.05) is 50.6 Å². The molecule has 27 heavy (non-hydrogen) atoms. The van der Waals surface area contributed by atoms with Crippen LogP contribution in [-0.2, 0) is 4.79 Å². The zero-order valence-corrected chi connectivity index (χ0v) is 16.8. The number of carbonyl (C=O) groups excluding carboxylic acids is 1. The SMILES string of the molecule is C[C@H]1[C@@H](NC(=O)CSc2nc3ccccc3c(=O)n2C2CC2)CCC[C@@H]1C. The first-order valence-corrected chi connectivity index (χ1v) is 11.0. The highest BCUT2D eigenvalue weighted by atomic mass is 32.2. The van der Waals surface area contributed by atoms with E-state index >= 15 is 0 Å². The average Bonchev–Trinajstić information content (AvgIpc) is 3.49. The van der Waals surface area contributed by atoms with Crippen LogP contribution in [-0.4, -0.2) is 27.3 Å². The molecule has 2 saturated carbocycles. The van der Waals surface area contributed by atoms with Gasteiger partial charge < -0.3 is 5.32 Å². The van der Waals surface area contributed by atoms with Gasteiger partial charge in [0.25, 0.3) is 5.56 Å². The van der Waals surface area contributed by atoms with Crippen molar-refractivity contribution in [3.05, 3.63) is 34.6 Å². The Morgan fingerprint density at radius 2 is 2.00 bits per heavy atom.